The average Bonchev–Trinajstić information content (AvgIpc) is 2.65. The quantitative estimate of drug-likeness (QED) is 0.748. The van der Waals surface area contributed by atoms with Gasteiger partial charge in [0.15, 0.2) is 0 Å². The summed E-state index contributed by atoms with van der Waals surface area (Å²) in [5.74, 6) is -0.732. The van der Waals surface area contributed by atoms with Crippen molar-refractivity contribution in [2.75, 3.05) is 13.1 Å². The first-order valence-electron chi connectivity index (χ1n) is 4.98. The van der Waals surface area contributed by atoms with Gasteiger partial charge in [-0.15, -0.1) is 0 Å². The Kier molecular flexibility index (Phi) is 2.68. The molecule has 1 heterocycles. The molecule has 1 aliphatic rings. The number of nitrogens with two attached hydrogens (primary N) is 1. The molecule has 1 saturated heterocycles. The SMILES string of the molecule is N[C@@H]1CCN(C(=O)c2ccccc2F)C1. The van der Waals surface area contributed by atoms with Crippen molar-refractivity contribution in [3.8, 4) is 0 Å². The smallest absolute Gasteiger partial charge is 0.256 e. The van der Waals surface area contributed by atoms with Gasteiger partial charge in [-0.3, -0.25) is 4.79 Å². The maximum atomic E-state index is 13.3. The van der Waals surface area contributed by atoms with Gasteiger partial charge in [-0.25, -0.2) is 4.39 Å². The van der Waals surface area contributed by atoms with Crippen LogP contribution >= 0.6 is 0 Å². The van der Waals surface area contributed by atoms with E-state index < -0.39 is 5.82 Å². The van der Waals surface area contributed by atoms with Crippen LogP contribution in [-0.2, 0) is 0 Å². The number of amides is 1. The number of nitrogens with zero attached hydrogens (tertiary/aromatic N) is 1. The first kappa shape index (κ1) is 10.1. The van der Waals surface area contributed by atoms with E-state index in [2.05, 4.69) is 0 Å². The third kappa shape index (κ3) is 1.99. The average molecular weight is 208 g/mol. The minimum atomic E-state index is -0.469. The van der Waals surface area contributed by atoms with Crippen LogP contribution in [0, 0.1) is 5.82 Å². The molecule has 1 amide bonds. The summed E-state index contributed by atoms with van der Waals surface area (Å²) in [6.07, 6.45) is 0.792. The number of rotatable bonds is 1. The molecular weight excluding hydrogens is 195 g/mol. The summed E-state index contributed by atoms with van der Waals surface area (Å²) in [7, 11) is 0. The molecule has 0 aliphatic carbocycles. The first-order valence-corrected chi connectivity index (χ1v) is 4.98. The van der Waals surface area contributed by atoms with E-state index in [1.165, 1.54) is 12.1 Å². The van der Waals surface area contributed by atoms with E-state index in [9.17, 15) is 9.18 Å². The lowest BCUT2D eigenvalue weighted by molar-refractivity contribution is 0.0786. The largest absolute Gasteiger partial charge is 0.337 e. The molecule has 0 saturated carbocycles. The predicted molar refractivity (Wildman–Crippen MR) is 54.9 cm³/mol. The number of halogens is 1. The van der Waals surface area contributed by atoms with Crippen LogP contribution in [0.15, 0.2) is 24.3 Å². The summed E-state index contributed by atoms with van der Waals surface area (Å²) in [5.41, 5.74) is 5.82. The molecule has 1 aliphatic heterocycles. The standard InChI is InChI=1S/C11H13FN2O/c12-10-4-2-1-3-9(10)11(15)14-6-5-8(13)7-14/h1-4,8H,5-7,13H2/t8-/m1/s1. The van der Waals surface area contributed by atoms with Gasteiger partial charge in [0.05, 0.1) is 5.56 Å². The summed E-state index contributed by atoms with van der Waals surface area (Å²) in [6, 6.07) is 6.06. The summed E-state index contributed by atoms with van der Waals surface area (Å²) in [5, 5.41) is 0. The predicted octanol–water partition coefficient (Wildman–Crippen LogP) is 0.999. The summed E-state index contributed by atoms with van der Waals surface area (Å²) in [4.78, 5) is 13.4. The lowest BCUT2D eigenvalue weighted by atomic mass is 10.2. The molecule has 3 nitrogen and oxygen atoms in total. The Labute approximate surface area is 87.7 Å². The molecule has 1 aromatic rings. The van der Waals surface area contributed by atoms with Crippen LogP contribution in [0.5, 0.6) is 0 Å². The topological polar surface area (TPSA) is 46.3 Å². The molecule has 1 atom stereocenters. The molecule has 0 bridgehead atoms. The Morgan fingerprint density at radius 3 is 2.80 bits per heavy atom. The van der Waals surface area contributed by atoms with Crippen LogP contribution < -0.4 is 5.73 Å². The van der Waals surface area contributed by atoms with Crippen LogP contribution in [0.4, 0.5) is 4.39 Å². The Morgan fingerprint density at radius 1 is 1.47 bits per heavy atom. The fourth-order valence-corrected chi connectivity index (χ4v) is 1.78. The highest BCUT2D eigenvalue weighted by atomic mass is 19.1. The van der Waals surface area contributed by atoms with Crippen molar-refractivity contribution in [1.82, 2.24) is 4.90 Å². The molecule has 2 N–H and O–H groups in total. The molecule has 15 heavy (non-hydrogen) atoms. The van der Waals surface area contributed by atoms with Gasteiger partial charge < -0.3 is 10.6 Å². The van der Waals surface area contributed by atoms with Crippen LogP contribution in [-0.4, -0.2) is 29.9 Å². The number of hydrogen-bond donors (Lipinski definition) is 1. The molecule has 0 unspecified atom stereocenters. The van der Waals surface area contributed by atoms with Crippen molar-refractivity contribution in [2.45, 2.75) is 12.5 Å². The first-order chi connectivity index (χ1) is 7.18. The Morgan fingerprint density at radius 2 is 2.20 bits per heavy atom. The van der Waals surface area contributed by atoms with Crippen molar-refractivity contribution in [2.24, 2.45) is 5.73 Å². The molecule has 1 aromatic carbocycles. The van der Waals surface area contributed by atoms with E-state index in [0.717, 1.165) is 6.42 Å². The molecule has 0 radical (unpaired) electrons. The molecule has 0 aromatic heterocycles. The Balaban J connectivity index is 2.18. The van der Waals surface area contributed by atoms with Crippen molar-refractivity contribution in [3.05, 3.63) is 35.6 Å². The number of hydrogen-bond acceptors (Lipinski definition) is 2. The second-order valence-corrected chi connectivity index (χ2v) is 3.78. The van der Waals surface area contributed by atoms with E-state index in [-0.39, 0.29) is 17.5 Å². The highest BCUT2D eigenvalue weighted by molar-refractivity contribution is 5.94. The zero-order valence-electron chi connectivity index (χ0n) is 8.32. The van der Waals surface area contributed by atoms with Gasteiger partial charge in [-0.1, -0.05) is 12.1 Å². The number of likely N-dealkylation sites (tertiary alicyclic amines) is 1. The molecule has 1 fully saturated rings. The third-order valence-electron chi connectivity index (χ3n) is 2.62. The number of carbonyl (C=O) groups is 1. The molecule has 0 spiro atoms. The van der Waals surface area contributed by atoms with Crippen LogP contribution in [0.2, 0.25) is 0 Å². The van der Waals surface area contributed by atoms with Crippen molar-refractivity contribution < 1.29 is 9.18 Å². The van der Waals surface area contributed by atoms with Crippen molar-refractivity contribution >= 4 is 5.91 Å². The molecule has 2 rings (SSSR count). The van der Waals surface area contributed by atoms with Gasteiger partial charge in [0.25, 0.3) is 5.91 Å². The normalized spacial score (nSPS) is 20.7. The van der Waals surface area contributed by atoms with Crippen LogP contribution in [0.25, 0.3) is 0 Å². The van der Waals surface area contributed by atoms with Gasteiger partial charge in [0, 0.05) is 19.1 Å². The Bertz CT molecular complexity index is 381. The van der Waals surface area contributed by atoms with E-state index in [0.29, 0.717) is 13.1 Å². The van der Waals surface area contributed by atoms with Crippen LogP contribution in [0.3, 0.4) is 0 Å². The second kappa shape index (κ2) is 3.98. The maximum Gasteiger partial charge on any atom is 0.256 e. The van der Waals surface area contributed by atoms with Crippen molar-refractivity contribution in [1.29, 1.82) is 0 Å². The van der Waals surface area contributed by atoms with Gasteiger partial charge in [-0.2, -0.15) is 0 Å². The highest BCUT2D eigenvalue weighted by Gasteiger charge is 2.25. The molecular formula is C11H13FN2O. The summed E-state index contributed by atoms with van der Waals surface area (Å²) >= 11 is 0. The number of benzene rings is 1. The second-order valence-electron chi connectivity index (χ2n) is 3.78. The summed E-state index contributed by atoms with van der Waals surface area (Å²) < 4.78 is 13.3. The summed E-state index contributed by atoms with van der Waals surface area (Å²) in [6.45, 7) is 1.14. The lowest BCUT2D eigenvalue weighted by Gasteiger charge is -2.15. The lowest BCUT2D eigenvalue weighted by Crippen LogP contribution is -2.32. The van der Waals surface area contributed by atoms with E-state index in [4.69, 9.17) is 5.73 Å². The van der Waals surface area contributed by atoms with Gasteiger partial charge in [0.1, 0.15) is 5.82 Å². The van der Waals surface area contributed by atoms with E-state index in [1.54, 1.807) is 17.0 Å². The molecule has 4 heteroatoms. The van der Waals surface area contributed by atoms with Gasteiger partial charge >= 0.3 is 0 Å². The van der Waals surface area contributed by atoms with Crippen molar-refractivity contribution in [3.63, 3.8) is 0 Å². The van der Waals surface area contributed by atoms with E-state index in [1.807, 2.05) is 0 Å². The minimum absolute atomic E-state index is 0.0284. The zero-order chi connectivity index (χ0) is 10.8. The fraction of sp³-hybridized carbons (Fsp3) is 0.364. The van der Waals surface area contributed by atoms with Crippen LogP contribution in [0.1, 0.15) is 16.8 Å². The number of carbonyl (C=O) groups excluding carboxylic acids is 1. The monoisotopic (exact) mass is 208 g/mol. The van der Waals surface area contributed by atoms with Gasteiger partial charge in [-0.05, 0) is 18.6 Å². The van der Waals surface area contributed by atoms with Gasteiger partial charge in [0.2, 0.25) is 0 Å². The van der Waals surface area contributed by atoms with E-state index >= 15 is 0 Å². The fourth-order valence-electron chi connectivity index (χ4n) is 1.78. The highest BCUT2D eigenvalue weighted by Crippen LogP contribution is 2.14. The zero-order valence-corrected chi connectivity index (χ0v) is 8.32. The maximum absolute atomic E-state index is 13.3. The third-order valence-corrected chi connectivity index (χ3v) is 2.62. The Hall–Kier alpha value is -1.42. The minimum Gasteiger partial charge on any atom is -0.337 e. The molecule has 80 valence electrons.